The second-order valence-corrected chi connectivity index (χ2v) is 4.78. The number of hydrogen-bond acceptors (Lipinski definition) is 4. The van der Waals surface area contributed by atoms with E-state index in [1.807, 2.05) is 36.4 Å². The van der Waals surface area contributed by atoms with Gasteiger partial charge in [0.25, 0.3) is 0 Å². The van der Waals surface area contributed by atoms with E-state index in [0.29, 0.717) is 17.8 Å². The number of para-hydroxylation sites is 1. The van der Waals surface area contributed by atoms with Crippen molar-refractivity contribution in [2.24, 2.45) is 0 Å². The predicted octanol–water partition coefficient (Wildman–Crippen LogP) is 3.61. The summed E-state index contributed by atoms with van der Waals surface area (Å²) in [6.45, 7) is 0.624. The molecule has 3 nitrogen and oxygen atoms in total. The van der Waals surface area contributed by atoms with E-state index in [0.717, 1.165) is 17.0 Å². The number of rotatable bonds is 5. The number of carbonyl (C=O) groups excluding carboxylic acids is 1. The van der Waals surface area contributed by atoms with Crippen molar-refractivity contribution in [3.63, 3.8) is 0 Å². The normalized spacial score (nSPS) is 9.72. The Bertz CT molecular complexity index is 557. The molecule has 2 aromatic rings. The van der Waals surface area contributed by atoms with Crippen molar-refractivity contribution in [2.75, 3.05) is 11.4 Å². The fourth-order valence-corrected chi connectivity index (χ4v) is 2.56. The number of benzene rings is 1. The van der Waals surface area contributed by atoms with E-state index in [4.69, 9.17) is 5.26 Å². The number of thiophene rings is 1. The van der Waals surface area contributed by atoms with E-state index in [9.17, 15) is 4.79 Å². The summed E-state index contributed by atoms with van der Waals surface area (Å²) in [5, 5.41) is 9.72. The average Bonchev–Trinajstić information content (AvgIpc) is 2.89. The lowest BCUT2D eigenvalue weighted by molar-refractivity contribution is 0.112. The minimum absolute atomic E-state index is 0.448. The smallest absolute Gasteiger partial charge is 0.160 e. The van der Waals surface area contributed by atoms with Gasteiger partial charge in [0, 0.05) is 12.2 Å². The monoisotopic (exact) mass is 256 g/mol. The lowest BCUT2D eigenvalue weighted by Crippen LogP contribution is -2.16. The highest BCUT2D eigenvalue weighted by Crippen LogP contribution is 2.31. The van der Waals surface area contributed by atoms with Crippen LogP contribution in [0.1, 0.15) is 16.1 Å². The van der Waals surface area contributed by atoms with Crippen LogP contribution in [0.25, 0.3) is 0 Å². The quantitative estimate of drug-likeness (QED) is 0.767. The van der Waals surface area contributed by atoms with Gasteiger partial charge in [0.05, 0.1) is 22.4 Å². The maximum absolute atomic E-state index is 10.7. The molecule has 1 aromatic heterocycles. The van der Waals surface area contributed by atoms with Gasteiger partial charge in [0.15, 0.2) is 6.29 Å². The molecule has 1 heterocycles. The Morgan fingerprint density at radius 2 is 2.00 bits per heavy atom. The third kappa shape index (κ3) is 2.76. The molecule has 2 rings (SSSR count). The van der Waals surface area contributed by atoms with Crippen LogP contribution in [0.5, 0.6) is 0 Å². The van der Waals surface area contributed by atoms with Gasteiger partial charge in [-0.1, -0.05) is 18.2 Å². The molecule has 90 valence electrons. The Hall–Kier alpha value is -2.12. The van der Waals surface area contributed by atoms with Gasteiger partial charge in [-0.3, -0.25) is 4.79 Å². The Balaban J connectivity index is 2.30. The molecule has 0 saturated heterocycles. The van der Waals surface area contributed by atoms with E-state index in [-0.39, 0.29) is 0 Å². The predicted molar refractivity (Wildman–Crippen MR) is 73.4 cm³/mol. The molecule has 0 amide bonds. The zero-order chi connectivity index (χ0) is 12.8. The summed E-state index contributed by atoms with van der Waals surface area (Å²) in [5.41, 5.74) is 1.03. The Kier molecular flexibility index (Phi) is 4.11. The molecule has 0 aliphatic heterocycles. The number of carbonyl (C=O) groups is 1. The van der Waals surface area contributed by atoms with Crippen molar-refractivity contribution < 1.29 is 4.79 Å². The number of nitrogens with zero attached hydrogens (tertiary/aromatic N) is 2. The lowest BCUT2D eigenvalue weighted by Gasteiger charge is -2.21. The molecule has 0 aliphatic carbocycles. The Morgan fingerprint density at radius 3 is 2.61 bits per heavy atom. The first-order chi connectivity index (χ1) is 8.85. The van der Waals surface area contributed by atoms with Crippen molar-refractivity contribution >= 4 is 28.3 Å². The first-order valence-electron chi connectivity index (χ1n) is 5.59. The summed E-state index contributed by atoms with van der Waals surface area (Å²) in [5.74, 6) is 0. The van der Waals surface area contributed by atoms with E-state index in [2.05, 4.69) is 11.0 Å². The van der Waals surface area contributed by atoms with Crippen LogP contribution in [-0.2, 0) is 0 Å². The summed E-state index contributed by atoms with van der Waals surface area (Å²) in [6.07, 6.45) is 1.30. The molecule has 0 spiro atoms. The highest BCUT2D eigenvalue weighted by molar-refractivity contribution is 7.17. The van der Waals surface area contributed by atoms with Crippen molar-refractivity contribution in [3.05, 3.63) is 47.3 Å². The molecular weight excluding hydrogens is 244 g/mol. The fraction of sp³-hybridized carbons (Fsp3) is 0.143. The first-order valence-corrected chi connectivity index (χ1v) is 6.41. The molecular formula is C14H12N2OS. The SMILES string of the molecule is N#CCCN(c1ccccc1)c1ccc(C=O)s1. The summed E-state index contributed by atoms with van der Waals surface area (Å²) in [6, 6.07) is 15.7. The minimum atomic E-state index is 0.448. The molecule has 4 heteroatoms. The van der Waals surface area contributed by atoms with Crippen LogP contribution in [0.15, 0.2) is 42.5 Å². The Labute approximate surface area is 110 Å². The molecule has 18 heavy (non-hydrogen) atoms. The molecule has 0 atom stereocenters. The highest BCUT2D eigenvalue weighted by Gasteiger charge is 2.11. The molecule has 0 unspecified atom stereocenters. The highest BCUT2D eigenvalue weighted by atomic mass is 32.1. The number of nitriles is 1. The Morgan fingerprint density at radius 1 is 1.22 bits per heavy atom. The lowest BCUT2D eigenvalue weighted by atomic mass is 10.2. The van der Waals surface area contributed by atoms with Crippen LogP contribution in [0.3, 0.4) is 0 Å². The first kappa shape index (κ1) is 12.3. The van der Waals surface area contributed by atoms with Gasteiger partial charge in [-0.2, -0.15) is 5.26 Å². The van der Waals surface area contributed by atoms with E-state index >= 15 is 0 Å². The average molecular weight is 256 g/mol. The largest absolute Gasteiger partial charge is 0.332 e. The van der Waals surface area contributed by atoms with E-state index < -0.39 is 0 Å². The molecule has 0 fully saturated rings. The van der Waals surface area contributed by atoms with Crippen LogP contribution in [-0.4, -0.2) is 12.8 Å². The molecule has 1 aromatic carbocycles. The van der Waals surface area contributed by atoms with Gasteiger partial charge in [-0.15, -0.1) is 11.3 Å². The van der Waals surface area contributed by atoms with Gasteiger partial charge in [-0.25, -0.2) is 0 Å². The van der Waals surface area contributed by atoms with Crippen LogP contribution >= 0.6 is 11.3 Å². The van der Waals surface area contributed by atoms with Crippen LogP contribution < -0.4 is 4.90 Å². The third-order valence-electron chi connectivity index (χ3n) is 2.51. The van der Waals surface area contributed by atoms with E-state index in [1.54, 1.807) is 6.07 Å². The molecule has 0 bridgehead atoms. The van der Waals surface area contributed by atoms with Crippen molar-refractivity contribution in [1.29, 1.82) is 5.26 Å². The summed E-state index contributed by atoms with van der Waals surface area (Å²) in [4.78, 5) is 13.5. The molecule has 0 N–H and O–H groups in total. The van der Waals surface area contributed by atoms with Gasteiger partial charge in [-0.05, 0) is 24.3 Å². The molecule has 0 saturated carbocycles. The molecule has 0 radical (unpaired) electrons. The minimum Gasteiger partial charge on any atom is -0.332 e. The second-order valence-electron chi connectivity index (χ2n) is 3.69. The van der Waals surface area contributed by atoms with Gasteiger partial charge in [0.1, 0.15) is 0 Å². The summed E-state index contributed by atoms with van der Waals surface area (Å²) < 4.78 is 0. The fourth-order valence-electron chi connectivity index (χ4n) is 1.69. The number of hydrogen-bond donors (Lipinski definition) is 0. The van der Waals surface area contributed by atoms with E-state index in [1.165, 1.54) is 11.3 Å². The van der Waals surface area contributed by atoms with Crippen molar-refractivity contribution in [3.8, 4) is 6.07 Å². The summed E-state index contributed by atoms with van der Waals surface area (Å²) in [7, 11) is 0. The van der Waals surface area contributed by atoms with Crippen LogP contribution in [0.4, 0.5) is 10.7 Å². The maximum Gasteiger partial charge on any atom is 0.160 e. The van der Waals surface area contributed by atoms with Crippen LogP contribution in [0, 0.1) is 11.3 Å². The van der Waals surface area contributed by atoms with Gasteiger partial charge < -0.3 is 4.90 Å². The third-order valence-corrected chi connectivity index (χ3v) is 3.54. The van der Waals surface area contributed by atoms with Gasteiger partial charge in [0.2, 0.25) is 0 Å². The zero-order valence-electron chi connectivity index (χ0n) is 9.74. The van der Waals surface area contributed by atoms with Crippen molar-refractivity contribution in [2.45, 2.75) is 6.42 Å². The second kappa shape index (κ2) is 5.99. The zero-order valence-corrected chi connectivity index (χ0v) is 10.6. The maximum atomic E-state index is 10.7. The standard InChI is InChI=1S/C14H12N2OS/c15-9-4-10-16(12-5-2-1-3-6-12)14-8-7-13(11-17)18-14/h1-3,5-8,11H,4,10H2. The topological polar surface area (TPSA) is 44.1 Å². The molecule has 0 aliphatic rings. The van der Waals surface area contributed by atoms with Gasteiger partial charge >= 0.3 is 0 Å². The van der Waals surface area contributed by atoms with Crippen LogP contribution in [0.2, 0.25) is 0 Å². The van der Waals surface area contributed by atoms with Crippen molar-refractivity contribution in [1.82, 2.24) is 0 Å². The summed E-state index contributed by atoms with van der Waals surface area (Å²) >= 11 is 1.43. The number of anilines is 2. The number of aldehydes is 1.